The lowest BCUT2D eigenvalue weighted by atomic mass is 9.89. The van der Waals surface area contributed by atoms with Crippen molar-refractivity contribution in [1.29, 1.82) is 0 Å². The van der Waals surface area contributed by atoms with E-state index in [9.17, 15) is 22.0 Å². The highest BCUT2D eigenvalue weighted by atomic mass is 32.2. The van der Waals surface area contributed by atoms with Gasteiger partial charge in [-0.15, -0.1) is 0 Å². The Hall–Kier alpha value is -3.07. The van der Waals surface area contributed by atoms with Crippen LogP contribution in [0, 0.1) is 18.6 Å². The molecular weight excluding hydrogens is 474 g/mol. The molecule has 0 radical (unpaired) electrons. The average molecular weight is 505 g/mol. The molecule has 1 aromatic heterocycles. The Balaban J connectivity index is 2.14. The number of hydrogen-bond acceptors (Lipinski definition) is 5. The molecule has 3 rings (SSSR count). The number of rotatable bonds is 7. The lowest BCUT2D eigenvalue weighted by Gasteiger charge is -2.22. The first-order valence-electron chi connectivity index (χ1n) is 11.4. The molecule has 35 heavy (non-hydrogen) atoms. The van der Waals surface area contributed by atoms with Gasteiger partial charge in [0, 0.05) is 6.07 Å². The van der Waals surface area contributed by atoms with Gasteiger partial charge < -0.3 is 4.18 Å². The van der Waals surface area contributed by atoms with Crippen molar-refractivity contribution in [1.82, 2.24) is 9.55 Å². The second kappa shape index (κ2) is 9.89. The third-order valence-electron chi connectivity index (χ3n) is 5.74. The van der Waals surface area contributed by atoms with Crippen LogP contribution in [-0.2, 0) is 10.1 Å². The molecule has 6 nitrogen and oxygen atoms in total. The van der Waals surface area contributed by atoms with Crippen molar-refractivity contribution in [3.8, 4) is 11.6 Å². The second-order valence-corrected chi connectivity index (χ2v) is 10.9. The second-order valence-electron chi connectivity index (χ2n) is 9.44. The van der Waals surface area contributed by atoms with Gasteiger partial charge in [-0.3, -0.25) is 9.36 Å². The van der Waals surface area contributed by atoms with Gasteiger partial charge in [-0.1, -0.05) is 53.7 Å². The Morgan fingerprint density at radius 3 is 1.91 bits per heavy atom. The summed E-state index contributed by atoms with van der Waals surface area (Å²) in [5, 5.41) is 0. The number of nitrogens with zero attached hydrogens (tertiary/aromatic N) is 2. The highest BCUT2D eigenvalue weighted by Gasteiger charge is 2.29. The van der Waals surface area contributed by atoms with Crippen LogP contribution >= 0.6 is 0 Å². The first-order chi connectivity index (χ1) is 16.2. The molecule has 0 bridgehead atoms. The van der Waals surface area contributed by atoms with Crippen molar-refractivity contribution in [2.45, 2.75) is 71.1 Å². The maximum absolute atomic E-state index is 14.3. The van der Waals surface area contributed by atoms with Crippen LogP contribution in [0.25, 0.3) is 5.69 Å². The summed E-state index contributed by atoms with van der Waals surface area (Å²) in [4.78, 5) is 16.9. The van der Waals surface area contributed by atoms with Crippen LogP contribution in [0.2, 0.25) is 0 Å². The van der Waals surface area contributed by atoms with E-state index in [0.29, 0.717) is 17.2 Å². The standard InChI is InChI=1S/C26H30F2N2O4S/c1-14(2)18-10-20(15(3)4)26(21(11-18)16(5)6)35(32,33)34-24-13-25(31)30(17(7)29-24)23-9-8-19(27)12-22(23)28/h8-16H,1-7H3. The third-order valence-corrected chi connectivity index (χ3v) is 7.10. The molecule has 0 N–H and O–H groups in total. The summed E-state index contributed by atoms with van der Waals surface area (Å²) in [6.45, 7) is 13.1. The van der Waals surface area contributed by atoms with E-state index in [4.69, 9.17) is 4.18 Å². The zero-order chi connectivity index (χ0) is 26.2. The summed E-state index contributed by atoms with van der Waals surface area (Å²) in [5.74, 6) is -2.20. The maximum atomic E-state index is 14.3. The van der Waals surface area contributed by atoms with Gasteiger partial charge >= 0.3 is 10.1 Å². The van der Waals surface area contributed by atoms with Crippen LogP contribution in [0.1, 0.15) is 81.8 Å². The summed E-state index contributed by atoms with van der Waals surface area (Å²) in [5.41, 5.74) is 1.30. The Morgan fingerprint density at radius 2 is 1.46 bits per heavy atom. The monoisotopic (exact) mass is 504 g/mol. The molecule has 0 spiro atoms. The molecule has 0 aliphatic heterocycles. The Bertz CT molecular complexity index is 1400. The normalized spacial score (nSPS) is 12.1. The zero-order valence-corrected chi connectivity index (χ0v) is 21.7. The largest absolute Gasteiger partial charge is 0.358 e. The summed E-state index contributed by atoms with van der Waals surface area (Å²) in [6.07, 6.45) is 0. The first kappa shape index (κ1) is 26.5. The fourth-order valence-electron chi connectivity index (χ4n) is 3.90. The SMILES string of the molecule is Cc1nc(OS(=O)(=O)c2c(C(C)C)cc(C(C)C)cc2C(C)C)cc(=O)n1-c1ccc(F)cc1F. The van der Waals surface area contributed by atoms with Crippen molar-refractivity contribution >= 4 is 10.1 Å². The number of aryl methyl sites for hydroxylation is 1. The van der Waals surface area contributed by atoms with Gasteiger partial charge in [0.25, 0.3) is 5.56 Å². The van der Waals surface area contributed by atoms with Gasteiger partial charge in [-0.25, -0.2) is 8.78 Å². The maximum Gasteiger partial charge on any atom is 0.341 e. The minimum absolute atomic E-state index is 0.0171. The van der Waals surface area contributed by atoms with E-state index in [1.54, 1.807) is 0 Å². The van der Waals surface area contributed by atoms with E-state index >= 15 is 0 Å². The fourth-order valence-corrected chi connectivity index (χ4v) is 5.46. The van der Waals surface area contributed by atoms with Crippen LogP contribution in [0.15, 0.2) is 46.1 Å². The molecule has 3 aromatic rings. The van der Waals surface area contributed by atoms with Gasteiger partial charge in [-0.2, -0.15) is 13.4 Å². The van der Waals surface area contributed by atoms with Gasteiger partial charge in [0.1, 0.15) is 22.4 Å². The smallest absolute Gasteiger partial charge is 0.341 e. The Kier molecular flexibility index (Phi) is 7.50. The van der Waals surface area contributed by atoms with Crippen LogP contribution in [0.5, 0.6) is 5.88 Å². The van der Waals surface area contributed by atoms with E-state index < -0.39 is 33.2 Å². The predicted molar refractivity (Wildman–Crippen MR) is 131 cm³/mol. The van der Waals surface area contributed by atoms with Crippen LogP contribution in [-0.4, -0.2) is 18.0 Å². The quantitative estimate of drug-likeness (QED) is 0.371. The van der Waals surface area contributed by atoms with Crippen molar-refractivity contribution in [2.75, 3.05) is 0 Å². The van der Waals surface area contributed by atoms with Gasteiger partial charge in [0.15, 0.2) is 0 Å². The Labute approximate surface area is 204 Å². The third kappa shape index (κ3) is 5.45. The number of hydrogen-bond donors (Lipinski definition) is 0. The van der Waals surface area contributed by atoms with Crippen molar-refractivity contribution < 1.29 is 21.4 Å². The molecule has 0 unspecified atom stereocenters. The van der Waals surface area contributed by atoms with Crippen LogP contribution in [0.3, 0.4) is 0 Å². The molecule has 0 aliphatic carbocycles. The van der Waals surface area contributed by atoms with Gasteiger partial charge in [-0.05, 0) is 53.5 Å². The summed E-state index contributed by atoms with van der Waals surface area (Å²) in [6, 6.07) is 7.41. The number of halogens is 2. The predicted octanol–water partition coefficient (Wildman–Crippen LogP) is 5.96. The van der Waals surface area contributed by atoms with E-state index in [1.165, 1.54) is 6.92 Å². The topological polar surface area (TPSA) is 78.3 Å². The zero-order valence-electron chi connectivity index (χ0n) is 20.9. The van der Waals surface area contributed by atoms with E-state index in [-0.39, 0.29) is 34.2 Å². The molecule has 188 valence electrons. The molecular formula is C26H30F2N2O4S. The molecule has 0 aliphatic rings. The molecule has 0 amide bonds. The fraction of sp³-hybridized carbons (Fsp3) is 0.385. The highest BCUT2D eigenvalue weighted by Crippen LogP contribution is 2.36. The van der Waals surface area contributed by atoms with E-state index in [2.05, 4.69) is 4.98 Å². The summed E-state index contributed by atoms with van der Waals surface area (Å²) in [7, 11) is -4.37. The van der Waals surface area contributed by atoms with Crippen molar-refractivity contribution in [3.63, 3.8) is 0 Å². The van der Waals surface area contributed by atoms with E-state index in [1.807, 2.05) is 53.7 Å². The minimum atomic E-state index is -4.37. The van der Waals surface area contributed by atoms with Gasteiger partial charge in [0.05, 0.1) is 11.8 Å². The molecule has 0 saturated carbocycles. The van der Waals surface area contributed by atoms with Crippen molar-refractivity contribution in [3.05, 3.63) is 80.9 Å². The molecule has 2 aromatic carbocycles. The van der Waals surface area contributed by atoms with E-state index in [0.717, 1.165) is 28.3 Å². The van der Waals surface area contributed by atoms with Gasteiger partial charge in [0.2, 0.25) is 5.88 Å². The van der Waals surface area contributed by atoms with Crippen LogP contribution in [0.4, 0.5) is 8.78 Å². The number of aromatic nitrogens is 2. The molecule has 1 heterocycles. The lowest BCUT2D eigenvalue weighted by Crippen LogP contribution is -2.24. The highest BCUT2D eigenvalue weighted by molar-refractivity contribution is 7.87. The minimum Gasteiger partial charge on any atom is -0.358 e. The van der Waals surface area contributed by atoms with Crippen LogP contribution < -0.4 is 9.74 Å². The molecule has 0 atom stereocenters. The summed E-state index contributed by atoms with van der Waals surface area (Å²) >= 11 is 0. The van der Waals surface area contributed by atoms with Crippen molar-refractivity contribution in [2.24, 2.45) is 0 Å². The first-order valence-corrected chi connectivity index (χ1v) is 12.8. The Morgan fingerprint density at radius 1 is 0.886 bits per heavy atom. The molecule has 0 fully saturated rings. The molecule has 0 saturated heterocycles. The molecule has 9 heteroatoms. The lowest BCUT2D eigenvalue weighted by molar-refractivity contribution is 0.468. The average Bonchev–Trinajstić information content (AvgIpc) is 2.73. The summed E-state index contributed by atoms with van der Waals surface area (Å²) < 4.78 is 60.9. The number of benzene rings is 2.